The van der Waals surface area contributed by atoms with Crippen molar-refractivity contribution in [1.82, 2.24) is 0 Å². The molecule has 8 nitrogen and oxygen atoms in total. The van der Waals surface area contributed by atoms with Gasteiger partial charge in [-0.15, -0.1) is 0 Å². The predicted molar refractivity (Wildman–Crippen MR) is 80.7 cm³/mol. The minimum absolute atomic E-state index is 0.00551. The van der Waals surface area contributed by atoms with Gasteiger partial charge in [-0.2, -0.15) is 0 Å². The van der Waals surface area contributed by atoms with Crippen LogP contribution >= 0.6 is 0 Å². The van der Waals surface area contributed by atoms with E-state index in [1.807, 2.05) is 0 Å². The number of esters is 2. The fraction of sp³-hybridized carbons (Fsp3) is 0.250. The first-order valence-electron chi connectivity index (χ1n) is 6.78. The highest BCUT2D eigenvalue weighted by atomic mass is 16.7. The van der Waals surface area contributed by atoms with Crippen molar-refractivity contribution >= 4 is 24.1 Å². The summed E-state index contributed by atoms with van der Waals surface area (Å²) >= 11 is 0. The van der Waals surface area contributed by atoms with Crippen molar-refractivity contribution in [2.45, 2.75) is 13.8 Å². The van der Waals surface area contributed by atoms with Gasteiger partial charge in [-0.25, -0.2) is 19.2 Å². The third-order valence-corrected chi connectivity index (χ3v) is 2.75. The third kappa shape index (κ3) is 5.56. The molecule has 0 atom stereocenters. The van der Waals surface area contributed by atoms with E-state index in [9.17, 15) is 19.2 Å². The Bertz CT molecular complexity index is 689. The first-order chi connectivity index (χ1) is 11.2. The fourth-order valence-corrected chi connectivity index (χ4v) is 1.57. The number of rotatable bonds is 6. The average Bonchev–Trinajstić information content (AvgIpc) is 2.50. The van der Waals surface area contributed by atoms with Crippen molar-refractivity contribution < 1.29 is 38.5 Å². The van der Waals surface area contributed by atoms with Crippen LogP contribution in [0.15, 0.2) is 30.4 Å². The van der Waals surface area contributed by atoms with Crippen molar-refractivity contribution in [3.05, 3.63) is 47.0 Å². The Hall–Kier alpha value is -3.16. The SMILES string of the molecule is C=C(C)C(=O)OCCOC(=O)OC(=O)c1ccc(C(=O)O)cc1C. The van der Waals surface area contributed by atoms with E-state index in [4.69, 9.17) is 5.11 Å². The number of aryl methyl sites for hydroxylation is 1. The van der Waals surface area contributed by atoms with E-state index >= 15 is 0 Å². The smallest absolute Gasteiger partial charge is 0.478 e. The highest BCUT2D eigenvalue weighted by molar-refractivity contribution is 5.98. The van der Waals surface area contributed by atoms with E-state index in [2.05, 4.69) is 20.8 Å². The molecule has 1 N–H and O–H groups in total. The lowest BCUT2D eigenvalue weighted by Gasteiger charge is -2.08. The lowest BCUT2D eigenvalue weighted by molar-refractivity contribution is -0.140. The van der Waals surface area contributed by atoms with Crippen molar-refractivity contribution in [3.63, 3.8) is 0 Å². The summed E-state index contributed by atoms with van der Waals surface area (Å²) in [5, 5.41) is 8.85. The van der Waals surface area contributed by atoms with Crippen molar-refractivity contribution in [1.29, 1.82) is 0 Å². The van der Waals surface area contributed by atoms with Crippen LogP contribution in [-0.4, -0.2) is 42.4 Å². The van der Waals surface area contributed by atoms with Crippen LogP contribution in [0.1, 0.15) is 33.2 Å². The summed E-state index contributed by atoms with van der Waals surface area (Å²) < 4.78 is 13.7. The maximum absolute atomic E-state index is 11.8. The molecule has 0 unspecified atom stereocenters. The Morgan fingerprint density at radius 2 is 1.75 bits per heavy atom. The Labute approximate surface area is 137 Å². The van der Waals surface area contributed by atoms with Gasteiger partial charge in [0.2, 0.25) is 0 Å². The molecule has 1 rings (SSSR count). The van der Waals surface area contributed by atoms with Crippen LogP contribution < -0.4 is 0 Å². The molecule has 0 bridgehead atoms. The topological polar surface area (TPSA) is 116 Å². The van der Waals surface area contributed by atoms with Gasteiger partial charge >= 0.3 is 24.1 Å². The summed E-state index contributed by atoms with van der Waals surface area (Å²) in [4.78, 5) is 45.1. The quantitative estimate of drug-likeness (QED) is 0.363. The number of hydrogen-bond donors (Lipinski definition) is 1. The number of carboxylic acid groups (broad SMARTS) is 1. The zero-order chi connectivity index (χ0) is 18.3. The molecule has 0 fully saturated rings. The standard InChI is InChI=1S/C16H16O8/c1-9(2)14(19)22-6-7-23-16(21)24-15(20)12-5-4-11(13(17)18)8-10(12)3/h4-5,8H,1,6-7H2,2-3H3,(H,17,18). The van der Waals surface area contributed by atoms with E-state index < -0.39 is 24.1 Å². The van der Waals surface area contributed by atoms with Crippen LogP contribution in [0, 0.1) is 6.92 Å². The van der Waals surface area contributed by atoms with Crippen molar-refractivity contribution in [2.24, 2.45) is 0 Å². The van der Waals surface area contributed by atoms with E-state index in [0.29, 0.717) is 5.56 Å². The van der Waals surface area contributed by atoms with Crippen LogP contribution in [-0.2, 0) is 19.0 Å². The number of benzene rings is 1. The molecule has 0 radical (unpaired) electrons. The average molecular weight is 336 g/mol. The molecule has 0 aromatic heterocycles. The zero-order valence-electron chi connectivity index (χ0n) is 13.2. The van der Waals surface area contributed by atoms with Gasteiger partial charge in [0.1, 0.15) is 13.2 Å². The second-order valence-electron chi connectivity index (χ2n) is 4.74. The lowest BCUT2D eigenvalue weighted by Crippen LogP contribution is -2.18. The number of carboxylic acids is 1. The second kappa shape index (κ2) is 8.47. The molecule has 0 spiro atoms. The number of carbonyl (C=O) groups is 4. The summed E-state index contributed by atoms with van der Waals surface area (Å²) in [6.45, 7) is 5.85. The molecular weight excluding hydrogens is 320 g/mol. The summed E-state index contributed by atoms with van der Waals surface area (Å²) in [5.41, 5.74) is 0.577. The number of ether oxygens (including phenoxy) is 3. The minimum atomic E-state index is -1.26. The van der Waals surface area contributed by atoms with E-state index in [-0.39, 0.29) is 29.9 Å². The third-order valence-electron chi connectivity index (χ3n) is 2.75. The highest BCUT2D eigenvalue weighted by Crippen LogP contribution is 2.13. The van der Waals surface area contributed by atoms with Gasteiger partial charge in [0.25, 0.3) is 0 Å². The van der Waals surface area contributed by atoms with E-state index in [1.54, 1.807) is 0 Å². The van der Waals surface area contributed by atoms with Crippen molar-refractivity contribution in [3.8, 4) is 0 Å². The summed E-state index contributed by atoms with van der Waals surface area (Å²) in [6, 6.07) is 3.73. The number of hydrogen-bond acceptors (Lipinski definition) is 7. The summed E-state index contributed by atoms with van der Waals surface area (Å²) in [5.74, 6) is -2.74. The molecule has 128 valence electrons. The highest BCUT2D eigenvalue weighted by Gasteiger charge is 2.17. The van der Waals surface area contributed by atoms with Crippen LogP contribution in [0.4, 0.5) is 4.79 Å². The largest absolute Gasteiger partial charge is 0.516 e. The molecular formula is C16H16O8. The van der Waals surface area contributed by atoms with Gasteiger partial charge in [-0.3, -0.25) is 0 Å². The Morgan fingerprint density at radius 1 is 1.12 bits per heavy atom. The van der Waals surface area contributed by atoms with Crippen LogP contribution in [0.25, 0.3) is 0 Å². The summed E-state index contributed by atoms with van der Waals surface area (Å²) in [7, 11) is 0. The molecule has 1 aromatic carbocycles. The molecule has 1 aromatic rings. The molecule has 0 heterocycles. The van der Waals surface area contributed by atoms with Crippen LogP contribution in [0.2, 0.25) is 0 Å². The molecule has 0 amide bonds. The summed E-state index contributed by atoms with van der Waals surface area (Å²) in [6.07, 6.45) is -1.26. The lowest BCUT2D eigenvalue weighted by atomic mass is 10.1. The van der Waals surface area contributed by atoms with Crippen LogP contribution in [0.5, 0.6) is 0 Å². The number of carbonyl (C=O) groups excluding carboxylic acids is 3. The second-order valence-corrected chi connectivity index (χ2v) is 4.74. The monoisotopic (exact) mass is 336 g/mol. The first-order valence-corrected chi connectivity index (χ1v) is 6.78. The van der Waals surface area contributed by atoms with Gasteiger partial charge in [0.05, 0.1) is 11.1 Å². The molecule has 24 heavy (non-hydrogen) atoms. The minimum Gasteiger partial charge on any atom is -0.478 e. The maximum Gasteiger partial charge on any atom is 0.516 e. The van der Waals surface area contributed by atoms with Gasteiger partial charge in [-0.1, -0.05) is 6.58 Å². The Balaban J connectivity index is 2.50. The predicted octanol–water partition coefficient (Wildman–Crippen LogP) is 2.11. The molecule has 0 aliphatic carbocycles. The Morgan fingerprint density at radius 3 is 2.29 bits per heavy atom. The molecule has 0 saturated carbocycles. The normalized spacial score (nSPS) is 9.75. The van der Waals surface area contributed by atoms with Gasteiger partial charge in [0, 0.05) is 5.57 Å². The van der Waals surface area contributed by atoms with E-state index in [1.165, 1.54) is 32.0 Å². The molecule has 0 saturated heterocycles. The zero-order valence-corrected chi connectivity index (χ0v) is 13.2. The number of aromatic carboxylic acids is 1. The first kappa shape index (κ1) is 18.9. The Kier molecular flexibility index (Phi) is 6.66. The van der Waals surface area contributed by atoms with Crippen LogP contribution in [0.3, 0.4) is 0 Å². The molecule has 0 aliphatic heterocycles. The maximum atomic E-state index is 11.8. The molecule has 8 heteroatoms. The van der Waals surface area contributed by atoms with Gasteiger partial charge in [-0.05, 0) is 37.6 Å². The molecule has 0 aliphatic rings. The fourth-order valence-electron chi connectivity index (χ4n) is 1.57. The van der Waals surface area contributed by atoms with Crippen molar-refractivity contribution in [2.75, 3.05) is 13.2 Å². The van der Waals surface area contributed by atoms with Gasteiger partial charge < -0.3 is 19.3 Å². The van der Waals surface area contributed by atoms with E-state index in [0.717, 1.165) is 0 Å². The van der Waals surface area contributed by atoms with Gasteiger partial charge in [0.15, 0.2) is 0 Å².